The van der Waals surface area contributed by atoms with Crippen molar-refractivity contribution >= 4 is 12.1 Å². The third kappa shape index (κ3) is 5.04. The van der Waals surface area contributed by atoms with Crippen LogP contribution in [0.2, 0.25) is 0 Å². The van der Waals surface area contributed by atoms with Crippen molar-refractivity contribution in [3.63, 3.8) is 0 Å². The standard InChI is InChI=1S/C21H19FN2O3/c1-14-3-8-18(11-15(14)2)26-13-21(25)24-23-12-19-9-10-20(27-19)16-4-6-17(22)7-5-16/h3-12H,13H2,1-2H3,(H,24,25). The van der Waals surface area contributed by atoms with Crippen molar-refractivity contribution in [2.75, 3.05) is 6.61 Å². The maximum atomic E-state index is 13.0. The molecule has 0 saturated carbocycles. The summed E-state index contributed by atoms with van der Waals surface area (Å²) in [7, 11) is 0. The predicted molar refractivity (Wildman–Crippen MR) is 101 cm³/mol. The van der Waals surface area contributed by atoms with Crippen LogP contribution in [0.25, 0.3) is 11.3 Å². The largest absolute Gasteiger partial charge is 0.484 e. The van der Waals surface area contributed by atoms with E-state index < -0.39 is 0 Å². The van der Waals surface area contributed by atoms with Crippen LogP contribution in [0, 0.1) is 19.7 Å². The summed E-state index contributed by atoms with van der Waals surface area (Å²) in [6.45, 7) is 3.85. The lowest BCUT2D eigenvalue weighted by Gasteiger charge is -2.07. The molecule has 0 aliphatic carbocycles. The van der Waals surface area contributed by atoms with Gasteiger partial charge in [0.2, 0.25) is 0 Å². The second kappa shape index (κ2) is 8.31. The van der Waals surface area contributed by atoms with E-state index in [9.17, 15) is 9.18 Å². The molecule has 0 spiro atoms. The van der Waals surface area contributed by atoms with Gasteiger partial charge in [-0.05, 0) is 73.5 Å². The number of furan rings is 1. The SMILES string of the molecule is Cc1ccc(OCC(=O)NN=Cc2ccc(-c3ccc(F)cc3)o2)cc1C. The number of nitrogens with one attached hydrogen (secondary N) is 1. The number of nitrogens with zero attached hydrogens (tertiary/aromatic N) is 1. The Balaban J connectivity index is 1.50. The van der Waals surface area contributed by atoms with Gasteiger partial charge in [0.15, 0.2) is 6.61 Å². The van der Waals surface area contributed by atoms with Crippen molar-refractivity contribution < 1.29 is 18.3 Å². The molecule has 3 rings (SSSR count). The van der Waals surface area contributed by atoms with E-state index in [0.717, 1.165) is 16.7 Å². The molecular formula is C21H19FN2O3. The first-order valence-electron chi connectivity index (χ1n) is 8.39. The van der Waals surface area contributed by atoms with E-state index in [0.29, 0.717) is 17.3 Å². The fourth-order valence-electron chi connectivity index (χ4n) is 2.34. The number of hydrogen-bond acceptors (Lipinski definition) is 4. The first kappa shape index (κ1) is 18.4. The zero-order valence-corrected chi connectivity index (χ0v) is 15.0. The number of rotatable bonds is 6. The smallest absolute Gasteiger partial charge is 0.277 e. The van der Waals surface area contributed by atoms with E-state index in [1.165, 1.54) is 18.3 Å². The number of carbonyl (C=O) groups excluding carboxylic acids is 1. The van der Waals surface area contributed by atoms with E-state index in [4.69, 9.17) is 9.15 Å². The van der Waals surface area contributed by atoms with E-state index in [1.54, 1.807) is 24.3 Å². The molecule has 2 aromatic carbocycles. The van der Waals surface area contributed by atoms with Crippen LogP contribution in [0.3, 0.4) is 0 Å². The molecule has 0 aliphatic heterocycles. The third-order valence-corrected chi connectivity index (χ3v) is 3.98. The molecule has 0 bridgehead atoms. The van der Waals surface area contributed by atoms with E-state index in [2.05, 4.69) is 10.5 Å². The average molecular weight is 366 g/mol. The summed E-state index contributed by atoms with van der Waals surface area (Å²) in [6, 6.07) is 15.1. The van der Waals surface area contributed by atoms with Crippen molar-refractivity contribution in [1.29, 1.82) is 0 Å². The number of benzene rings is 2. The normalized spacial score (nSPS) is 10.9. The number of ether oxygens (including phenoxy) is 1. The lowest BCUT2D eigenvalue weighted by atomic mass is 10.1. The maximum absolute atomic E-state index is 13.0. The van der Waals surface area contributed by atoms with Crippen molar-refractivity contribution in [2.45, 2.75) is 13.8 Å². The zero-order valence-electron chi connectivity index (χ0n) is 15.0. The van der Waals surface area contributed by atoms with Gasteiger partial charge in [0.25, 0.3) is 5.91 Å². The highest BCUT2D eigenvalue weighted by atomic mass is 19.1. The first-order chi connectivity index (χ1) is 13.0. The molecule has 0 fully saturated rings. The van der Waals surface area contributed by atoms with Gasteiger partial charge in [0.1, 0.15) is 23.1 Å². The topological polar surface area (TPSA) is 63.8 Å². The summed E-state index contributed by atoms with van der Waals surface area (Å²) in [6.07, 6.45) is 1.39. The molecule has 0 atom stereocenters. The Morgan fingerprint density at radius 2 is 1.89 bits per heavy atom. The Bertz CT molecular complexity index is 962. The molecule has 0 saturated heterocycles. The van der Waals surface area contributed by atoms with Gasteiger partial charge in [-0.1, -0.05) is 6.07 Å². The van der Waals surface area contributed by atoms with Gasteiger partial charge in [-0.3, -0.25) is 4.79 Å². The monoisotopic (exact) mass is 366 g/mol. The van der Waals surface area contributed by atoms with Crippen LogP contribution < -0.4 is 10.2 Å². The number of hydrazone groups is 1. The summed E-state index contributed by atoms with van der Waals surface area (Å²) in [4.78, 5) is 11.8. The molecular weight excluding hydrogens is 347 g/mol. The second-order valence-electron chi connectivity index (χ2n) is 6.04. The van der Waals surface area contributed by atoms with Crippen LogP contribution in [0.15, 0.2) is 64.1 Å². The van der Waals surface area contributed by atoms with Crippen LogP contribution in [-0.2, 0) is 4.79 Å². The summed E-state index contributed by atoms with van der Waals surface area (Å²) < 4.78 is 24.0. The molecule has 0 radical (unpaired) electrons. The van der Waals surface area contributed by atoms with Gasteiger partial charge < -0.3 is 9.15 Å². The lowest BCUT2D eigenvalue weighted by molar-refractivity contribution is -0.123. The average Bonchev–Trinajstić information content (AvgIpc) is 3.12. The molecule has 27 heavy (non-hydrogen) atoms. The first-order valence-corrected chi connectivity index (χ1v) is 8.39. The number of halogens is 1. The highest BCUT2D eigenvalue weighted by Gasteiger charge is 2.05. The molecule has 1 heterocycles. The van der Waals surface area contributed by atoms with Gasteiger partial charge in [0, 0.05) is 5.56 Å². The Labute approximate surface area is 156 Å². The minimum absolute atomic E-state index is 0.140. The van der Waals surface area contributed by atoms with Crippen molar-refractivity contribution in [3.05, 3.63) is 77.3 Å². The number of hydrogen-bond donors (Lipinski definition) is 1. The summed E-state index contributed by atoms with van der Waals surface area (Å²) in [5, 5.41) is 3.85. The molecule has 1 amide bonds. The molecule has 1 N–H and O–H groups in total. The van der Waals surface area contributed by atoms with Gasteiger partial charge >= 0.3 is 0 Å². The Morgan fingerprint density at radius 1 is 1.11 bits per heavy atom. The van der Waals surface area contributed by atoms with Crippen LogP contribution in [0.5, 0.6) is 5.75 Å². The van der Waals surface area contributed by atoms with Gasteiger partial charge in [-0.25, -0.2) is 9.82 Å². The molecule has 5 nitrogen and oxygen atoms in total. The Kier molecular flexibility index (Phi) is 5.66. The Hall–Kier alpha value is -3.41. The van der Waals surface area contributed by atoms with E-state index >= 15 is 0 Å². The maximum Gasteiger partial charge on any atom is 0.277 e. The zero-order chi connectivity index (χ0) is 19.2. The highest BCUT2D eigenvalue weighted by molar-refractivity contribution is 5.81. The van der Waals surface area contributed by atoms with E-state index in [1.807, 2.05) is 32.0 Å². The molecule has 0 unspecified atom stereocenters. The van der Waals surface area contributed by atoms with Gasteiger partial charge in [0.05, 0.1) is 6.21 Å². The minimum atomic E-state index is -0.380. The molecule has 6 heteroatoms. The summed E-state index contributed by atoms with van der Waals surface area (Å²) >= 11 is 0. The lowest BCUT2D eigenvalue weighted by Crippen LogP contribution is -2.24. The van der Waals surface area contributed by atoms with Crippen molar-refractivity contribution in [2.24, 2.45) is 5.10 Å². The van der Waals surface area contributed by atoms with Crippen LogP contribution in [0.4, 0.5) is 4.39 Å². The third-order valence-electron chi connectivity index (χ3n) is 3.98. The number of carbonyl (C=O) groups is 1. The highest BCUT2D eigenvalue weighted by Crippen LogP contribution is 2.21. The van der Waals surface area contributed by atoms with Crippen LogP contribution >= 0.6 is 0 Å². The Morgan fingerprint density at radius 3 is 2.63 bits per heavy atom. The molecule has 1 aromatic heterocycles. The van der Waals surface area contributed by atoms with Gasteiger partial charge in [-0.2, -0.15) is 5.10 Å². The summed E-state index contributed by atoms with van der Waals surface area (Å²) in [5.41, 5.74) is 5.39. The second-order valence-corrected chi connectivity index (χ2v) is 6.04. The predicted octanol–water partition coefficient (Wildman–Crippen LogP) is 4.23. The fraction of sp³-hybridized carbons (Fsp3) is 0.143. The number of amides is 1. The molecule has 138 valence electrons. The number of aryl methyl sites for hydroxylation is 2. The van der Waals surface area contributed by atoms with Crippen LogP contribution in [-0.4, -0.2) is 18.7 Å². The van der Waals surface area contributed by atoms with Crippen molar-refractivity contribution in [3.8, 4) is 17.1 Å². The summed E-state index contributed by atoms with van der Waals surface area (Å²) in [5.74, 6) is 0.991. The quantitative estimate of drug-likeness (QED) is 0.524. The van der Waals surface area contributed by atoms with Gasteiger partial charge in [-0.15, -0.1) is 0 Å². The fourth-order valence-corrected chi connectivity index (χ4v) is 2.34. The van der Waals surface area contributed by atoms with Crippen molar-refractivity contribution in [1.82, 2.24) is 5.43 Å². The van der Waals surface area contributed by atoms with E-state index in [-0.39, 0.29) is 18.3 Å². The van der Waals surface area contributed by atoms with Crippen LogP contribution in [0.1, 0.15) is 16.9 Å². The molecule has 0 aliphatic rings. The minimum Gasteiger partial charge on any atom is -0.484 e. The molecule has 3 aromatic rings.